The second kappa shape index (κ2) is 12.0. The Morgan fingerprint density at radius 2 is 1.92 bits per heavy atom. The molecule has 11 heteroatoms. The number of hydrogen-bond donors (Lipinski definition) is 3. The number of piperidine rings is 1. The number of amides is 1. The van der Waals surface area contributed by atoms with E-state index in [4.69, 9.17) is 4.74 Å². The zero-order valence-electron chi connectivity index (χ0n) is 21.1. The molecule has 1 aliphatic heterocycles. The largest absolute Gasteiger partial charge is 0.497 e. The number of aliphatic hydroxyl groups is 1. The van der Waals surface area contributed by atoms with Gasteiger partial charge in [0.25, 0.3) is 0 Å². The van der Waals surface area contributed by atoms with Crippen LogP contribution in [0.4, 0.5) is 17.6 Å². The molecular formula is C28H27F4N3O4. The Balaban J connectivity index is 1.45. The molecule has 39 heavy (non-hydrogen) atoms. The van der Waals surface area contributed by atoms with Crippen LogP contribution in [0.15, 0.2) is 36.5 Å². The summed E-state index contributed by atoms with van der Waals surface area (Å²) in [5, 5.41) is 20.8. The maximum absolute atomic E-state index is 14.8. The first-order valence-corrected chi connectivity index (χ1v) is 12.3. The number of halogens is 4. The number of ether oxygens (including phenoxy) is 1. The fourth-order valence-electron chi connectivity index (χ4n) is 4.93. The van der Waals surface area contributed by atoms with E-state index in [0.29, 0.717) is 48.6 Å². The van der Waals surface area contributed by atoms with E-state index in [2.05, 4.69) is 16.8 Å². The summed E-state index contributed by atoms with van der Waals surface area (Å²) in [6, 6.07) is 6.17. The normalized spacial score (nSPS) is 15.9. The van der Waals surface area contributed by atoms with Crippen molar-refractivity contribution in [2.24, 2.45) is 5.41 Å². The molecule has 0 bridgehead atoms. The number of hydrogen-bond acceptors (Lipinski definition) is 6. The number of benzene rings is 2. The molecule has 3 aromatic rings. The Hall–Kier alpha value is -3.72. The monoisotopic (exact) mass is 545 g/mol. The molecule has 2 heterocycles. The van der Waals surface area contributed by atoms with Gasteiger partial charge < -0.3 is 9.84 Å². The van der Waals surface area contributed by atoms with Gasteiger partial charge in [-0.25, -0.2) is 23.0 Å². The molecule has 2 aromatic carbocycles. The van der Waals surface area contributed by atoms with Gasteiger partial charge in [-0.1, -0.05) is 11.8 Å². The second-order valence-electron chi connectivity index (χ2n) is 9.51. The fraction of sp³-hybridized carbons (Fsp3) is 0.357. The van der Waals surface area contributed by atoms with Gasteiger partial charge in [0.1, 0.15) is 17.4 Å². The third-order valence-electron chi connectivity index (χ3n) is 7.21. The Labute approximate surface area is 222 Å². The lowest BCUT2D eigenvalue weighted by Crippen LogP contribution is -2.48. The van der Waals surface area contributed by atoms with Crippen molar-refractivity contribution >= 4 is 16.8 Å². The Bertz CT molecular complexity index is 1430. The molecule has 1 fully saturated rings. The highest BCUT2D eigenvalue weighted by atomic mass is 19.2. The van der Waals surface area contributed by atoms with E-state index >= 15 is 0 Å². The van der Waals surface area contributed by atoms with Crippen LogP contribution in [0, 0.1) is 40.5 Å². The maximum atomic E-state index is 14.8. The summed E-state index contributed by atoms with van der Waals surface area (Å²) >= 11 is 0. The van der Waals surface area contributed by atoms with Crippen LogP contribution in [0.3, 0.4) is 0 Å². The quantitative estimate of drug-likeness (QED) is 0.135. The van der Waals surface area contributed by atoms with E-state index in [1.807, 2.05) is 4.90 Å². The number of nitrogens with one attached hydrogen (secondary N) is 1. The van der Waals surface area contributed by atoms with E-state index in [-0.39, 0.29) is 30.5 Å². The van der Waals surface area contributed by atoms with Crippen molar-refractivity contribution in [1.82, 2.24) is 15.4 Å². The fourth-order valence-corrected chi connectivity index (χ4v) is 4.93. The average molecular weight is 546 g/mol. The number of nitrogens with zero attached hydrogens (tertiary/aromatic N) is 2. The summed E-state index contributed by atoms with van der Waals surface area (Å²) < 4.78 is 60.6. The summed E-state index contributed by atoms with van der Waals surface area (Å²) in [7, 11) is 1.47. The second-order valence-corrected chi connectivity index (χ2v) is 9.51. The molecule has 1 atom stereocenters. The molecule has 1 unspecified atom stereocenters. The predicted molar refractivity (Wildman–Crippen MR) is 134 cm³/mol. The van der Waals surface area contributed by atoms with E-state index in [9.17, 15) is 32.7 Å². The first-order chi connectivity index (χ1) is 18.7. The SMILES string of the molecule is COc1ccc2ncc(F)c(C(O)CCC3(C(=O)NO)CCN(CC#Cc4cc(F)cc(F)c4F)CC3)c2c1. The van der Waals surface area contributed by atoms with Crippen LogP contribution < -0.4 is 10.2 Å². The number of aromatic nitrogens is 1. The number of carbonyl (C=O) groups excluding carboxylic acids is 1. The molecule has 1 aromatic heterocycles. The van der Waals surface area contributed by atoms with Gasteiger partial charge in [0.2, 0.25) is 5.91 Å². The van der Waals surface area contributed by atoms with E-state index in [0.717, 1.165) is 12.3 Å². The number of likely N-dealkylation sites (tertiary alicyclic amines) is 1. The number of carbonyl (C=O) groups is 1. The van der Waals surface area contributed by atoms with Crippen LogP contribution in [0.2, 0.25) is 0 Å². The lowest BCUT2D eigenvalue weighted by Gasteiger charge is -2.40. The molecule has 1 aliphatic rings. The molecule has 3 N–H and O–H groups in total. The van der Waals surface area contributed by atoms with Crippen LogP contribution in [0.5, 0.6) is 5.75 Å². The smallest absolute Gasteiger partial charge is 0.249 e. The zero-order valence-corrected chi connectivity index (χ0v) is 21.1. The zero-order chi connectivity index (χ0) is 28.2. The van der Waals surface area contributed by atoms with Crippen molar-refractivity contribution in [2.45, 2.75) is 31.8 Å². The van der Waals surface area contributed by atoms with Crippen molar-refractivity contribution < 1.29 is 37.4 Å². The molecule has 206 valence electrons. The van der Waals surface area contributed by atoms with Crippen molar-refractivity contribution in [3.05, 3.63) is 70.9 Å². The number of methoxy groups -OCH3 is 1. The van der Waals surface area contributed by atoms with E-state index < -0.39 is 40.7 Å². The molecular weight excluding hydrogens is 518 g/mol. The topological polar surface area (TPSA) is 94.9 Å². The molecule has 7 nitrogen and oxygen atoms in total. The molecule has 0 radical (unpaired) electrons. The van der Waals surface area contributed by atoms with Gasteiger partial charge in [-0.15, -0.1) is 0 Å². The molecule has 0 saturated carbocycles. The predicted octanol–water partition coefficient (Wildman–Crippen LogP) is 4.25. The molecule has 4 rings (SSSR count). The first kappa shape index (κ1) is 28.3. The number of fused-ring (bicyclic) bond motifs is 1. The van der Waals surface area contributed by atoms with Crippen LogP contribution in [-0.2, 0) is 4.79 Å². The number of rotatable bonds is 7. The summed E-state index contributed by atoms with van der Waals surface area (Å²) in [5.41, 5.74) is 0.814. The molecule has 1 amide bonds. The van der Waals surface area contributed by atoms with Gasteiger partial charge >= 0.3 is 0 Å². The maximum Gasteiger partial charge on any atom is 0.249 e. The van der Waals surface area contributed by atoms with Crippen LogP contribution in [0.1, 0.15) is 42.9 Å². The highest BCUT2D eigenvalue weighted by Gasteiger charge is 2.41. The lowest BCUT2D eigenvalue weighted by molar-refractivity contribution is -0.143. The highest BCUT2D eigenvalue weighted by molar-refractivity contribution is 5.84. The van der Waals surface area contributed by atoms with Crippen LogP contribution in [-0.4, -0.2) is 52.8 Å². The summed E-state index contributed by atoms with van der Waals surface area (Å²) in [5.74, 6) is 0.823. The van der Waals surface area contributed by atoms with Gasteiger partial charge in [-0.05, 0) is 49.9 Å². The van der Waals surface area contributed by atoms with Crippen molar-refractivity contribution in [3.8, 4) is 17.6 Å². The minimum Gasteiger partial charge on any atom is -0.497 e. The van der Waals surface area contributed by atoms with Gasteiger partial charge in [0.05, 0.1) is 42.5 Å². The molecule has 0 aliphatic carbocycles. The van der Waals surface area contributed by atoms with Crippen molar-refractivity contribution in [3.63, 3.8) is 0 Å². The van der Waals surface area contributed by atoms with E-state index in [1.165, 1.54) is 7.11 Å². The van der Waals surface area contributed by atoms with Gasteiger partial charge in [0, 0.05) is 30.1 Å². The average Bonchev–Trinajstić information content (AvgIpc) is 2.94. The van der Waals surface area contributed by atoms with Crippen molar-refractivity contribution in [1.29, 1.82) is 0 Å². The number of hydroxylamine groups is 1. The van der Waals surface area contributed by atoms with Crippen molar-refractivity contribution in [2.75, 3.05) is 26.7 Å². The Morgan fingerprint density at radius 3 is 2.62 bits per heavy atom. The third-order valence-corrected chi connectivity index (χ3v) is 7.21. The Kier molecular flexibility index (Phi) is 8.70. The Morgan fingerprint density at radius 1 is 1.18 bits per heavy atom. The van der Waals surface area contributed by atoms with Crippen LogP contribution in [0.25, 0.3) is 10.9 Å². The molecule has 0 spiro atoms. The number of aliphatic hydroxyl groups excluding tert-OH is 1. The first-order valence-electron chi connectivity index (χ1n) is 12.3. The summed E-state index contributed by atoms with van der Waals surface area (Å²) in [6.07, 6.45) is 0.560. The highest BCUT2D eigenvalue weighted by Crippen LogP contribution is 2.40. The van der Waals surface area contributed by atoms with Gasteiger partial charge in [-0.2, -0.15) is 0 Å². The minimum absolute atomic E-state index is 0.0326. The van der Waals surface area contributed by atoms with Gasteiger partial charge in [-0.3, -0.25) is 19.9 Å². The number of pyridine rings is 1. The molecule has 1 saturated heterocycles. The summed E-state index contributed by atoms with van der Waals surface area (Å²) in [4.78, 5) is 18.6. The third kappa shape index (κ3) is 6.14. The summed E-state index contributed by atoms with van der Waals surface area (Å²) in [6.45, 7) is 0.914. The van der Waals surface area contributed by atoms with Gasteiger partial charge in [0.15, 0.2) is 11.6 Å². The standard InChI is InChI=1S/C28H27F4N3O4/c1-39-19-4-5-23-20(15-19)25(22(31)16-33-23)24(36)6-7-28(27(37)34-38)8-11-35(12-9-28)10-2-3-17-13-18(29)14-21(30)26(17)32/h4-5,13-16,24,36,38H,6-12H2,1H3,(H,34,37). The minimum atomic E-state index is -1.32. The van der Waals surface area contributed by atoms with E-state index in [1.54, 1.807) is 23.7 Å². The lowest BCUT2D eigenvalue weighted by atomic mass is 9.73. The van der Waals surface area contributed by atoms with Crippen LogP contribution >= 0.6 is 0 Å².